The van der Waals surface area contributed by atoms with Crippen molar-refractivity contribution in [1.82, 2.24) is 4.98 Å². The maximum atomic E-state index is 12.3. The predicted octanol–water partition coefficient (Wildman–Crippen LogP) is 5.58. The molecule has 0 bridgehead atoms. The van der Waals surface area contributed by atoms with Crippen molar-refractivity contribution in [3.8, 4) is 0 Å². The summed E-state index contributed by atoms with van der Waals surface area (Å²) < 4.78 is 11.4. The Morgan fingerprint density at radius 1 is 1.00 bits per heavy atom. The number of aromatic nitrogens is 1. The summed E-state index contributed by atoms with van der Waals surface area (Å²) in [6.45, 7) is 4.02. The standard InChI is InChI=1S/C21H18N2O3S/c1-13-3-6-15(7-4-13)22-20(24)19-10-8-16(25-19)12-27-21-23-17-11-14(2)5-9-18(17)26-21/h3-11H,12H2,1-2H3,(H,22,24). The van der Waals surface area contributed by atoms with Gasteiger partial charge in [-0.2, -0.15) is 0 Å². The van der Waals surface area contributed by atoms with Crippen LogP contribution >= 0.6 is 11.8 Å². The molecule has 1 N–H and O–H groups in total. The van der Waals surface area contributed by atoms with E-state index >= 15 is 0 Å². The number of hydrogen-bond acceptors (Lipinski definition) is 5. The van der Waals surface area contributed by atoms with Gasteiger partial charge >= 0.3 is 0 Å². The third-order valence-corrected chi connectivity index (χ3v) is 4.91. The van der Waals surface area contributed by atoms with Crippen LogP contribution in [0.2, 0.25) is 0 Å². The van der Waals surface area contributed by atoms with Crippen LogP contribution in [-0.4, -0.2) is 10.9 Å². The number of benzene rings is 2. The maximum absolute atomic E-state index is 12.3. The van der Waals surface area contributed by atoms with E-state index in [0.717, 1.165) is 27.9 Å². The number of furan rings is 1. The quantitative estimate of drug-likeness (QED) is 0.459. The van der Waals surface area contributed by atoms with Crippen LogP contribution in [0.15, 0.2) is 68.7 Å². The smallest absolute Gasteiger partial charge is 0.291 e. The second-order valence-corrected chi connectivity index (χ2v) is 7.25. The van der Waals surface area contributed by atoms with E-state index in [-0.39, 0.29) is 11.7 Å². The number of anilines is 1. The summed E-state index contributed by atoms with van der Waals surface area (Å²) >= 11 is 1.43. The van der Waals surface area contributed by atoms with Gasteiger partial charge in [-0.3, -0.25) is 4.79 Å². The fourth-order valence-corrected chi connectivity index (χ4v) is 3.35. The first-order valence-corrected chi connectivity index (χ1v) is 9.52. The molecule has 4 rings (SSSR count). The van der Waals surface area contributed by atoms with Gasteiger partial charge in [0.15, 0.2) is 11.3 Å². The lowest BCUT2D eigenvalue weighted by molar-refractivity contribution is 0.0995. The van der Waals surface area contributed by atoms with E-state index in [1.165, 1.54) is 11.8 Å². The van der Waals surface area contributed by atoms with Gasteiger partial charge in [-0.25, -0.2) is 4.98 Å². The van der Waals surface area contributed by atoms with Crippen molar-refractivity contribution >= 4 is 34.5 Å². The van der Waals surface area contributed by atoms with Crippen LogP contribution in [-0.2, 0) is 5.75 Å². The Morgan fingerprint density at radius 2 is 1.78 bits per heavy atom. The topological polar surface area (TPSA) is 68.3 Å². The highest BCUT2D eigenvalue weighted by Gasteiger charge is 2.13. The fraction of sp³-hybridized carbons (Fsp3) is 0.143. The zero-order chi connectivity index (χ0) is 18.8. The number of oxazole rings is 1. The number of fused-ring (bicyclic) bond motifs is 1. The van der Waals surface area contributed by atoms with Gasteiger partial charge in [0.25, 0.3) is 11.1 Å². The first-order valence-electron chi connectivity index (χ1n) is 8.53. The molecule has 0 aliphatic rings. The first kappa shape index (κ1) is 17.4. The van der Waals surface area contributed by atoms with Gasteiger partial charge in [0.05, 0.1) is 5.75 Å². The van der Waals surface area contributed by atoms with E-state index in [2.05, 4.69) is 10.3 Å². The van der Waals surface area contributed by atoms with Gasteiger partial charge in [-0.05, 0) is 55.8 Å². The molecule has 2 aromatic heterocycles. The molecule has 0 unspecified atom stereocenters. The number of amides is 1. The number of rotatable bonds is 5. The highest BCUT2D eigenvalue weighted by Crippen LogP contribution is 2.27. The molecule has 1 amide bonds. The summed E-state index contributed by atoms with van der Waals surface area (Å²) in [7, 11) is 0. The van der Waals surface area contributed by atoms with Gasteiger partial charge < -0.3 is 14.2 Å². The second kappa shape index (κ2) is 7.32. The van der Waals surface area contributed by atoms with Crippen molar-refractivity contribution in [2.75, 3.05) is 5.32 Å². The Hall–Kier alpha value is -2.99. The molecule has 27 heavy (non-hydrogen) atoms. The van der Waals surface area contributed by atoms with Crippen molar-refractivity contribution in [1.29, 1.82) is 0 Å². The van der Waals surface area contributed by atoms with Crippen molar-refractivity contribution in [3.05, 3.63) is 77.2 Å². The summed E-state index contributed by atoms with van der Waals surface area (Å²) in [6, 6.07) is 17.0. The fourth-order valence-electron chi connectivity index (χ4n) is 2.62. The SMILES string of the molecule is Cc1ccc(NC(=O)c2ccc(CSc3nc4cc(C)ccc4o3)o2)cc1. The third kappa shape index (κ3) is 4.06. The van der Waals surface area contributed by atoms with Crippen molar-refractivity contribution in [3.63, 3.8) is 0 Å². The van der Waals surface area contributed by atoms with Gasteiger partial charge in [0, 0.05) is 5.69 Å². The molecular formula is C21H18N2O3S. The van der Waals surface area contributed by atoms with E-state index in [9.17, 15) is 4.79 Å². The summed E-state index contributed by atoms with van der Waals surface area (Å²) in [6.07, 6.45) is 0. The van der Waals surface area contributed by atoms with Crippen LogP contribution in [0.4, 0.5) is 5.69 Å². The molecule has 4 aromatic rings. The lowest BCUT2D eigenvalue weighted by Crippen LogP contribution is -2.10. The highest BCUT2D eigenvalue weighted by molar-refractivity contribution is 7.98. The summed E-state index contributed by atoms with van der Waals surface area (Å²) in [5, 5.41) is 3.41. The normalized spacial score (nSPS) is 11.0. The Morgan fingerprint density at radius 3 is 2.59 bits per heavy atom. The summed E-state index contributed by atoms with van der Waals surface area (Å²) in [4.78, 5) is 16.8. The Bertz CT molecular complexity index is 1100. The average Bonchev–Trinajstić information content (AvgIpc) is 3.28. The van der Waals surface area contributed by atoms with Crippen molar-refractivity contribution in [2.24, 2.45) is 0 Å². The predicted molar refractivity (Wildman–Crippen MR) is 106 cm³/mol. The number of nitrogens with one attached hydrogen (secondary N) is 1. The number of nitrogens with zero attached hydrogens (tertiary/aromatic N) is 1. The number of hydrogen-bond donors (Lipinski definition) is 1. The van der Waals surface area contributed by atoms with E-state index in [4.69, 9.17) is 8.83 Å². The van der Waals surface area contributed by atoms with Gasteiger partial charge in [0.1, 0.15) is 11.3 Å². The van der Waals surface area contributed by atoms with Gasteiger partial charge in [0.2, 0.25) is 0 Å². The molecule has 6 heteroatoms. The molecular weight excluding hydrogens is 360 g/mol. The molecule has 0 atom stereocenters. The van der Waals surface area contributed by atoms with Crippen LogP contribution in [0.3, 0.4) is 0 Å². The maximum Gasteiger partial charge on any atom is 0.291 e. The summed E-state index contributed by atoms with van der Waals surface area (Å²) in [5.74, 6) is 1.23. The van der Waals surface area contributed by atoms with Gasteiger partial charge in [-0.1, -0.05) is 35.5 Å². The second-order valence-electron chi connectivity index (χ2n) is 6.33. The molecule has 0 aliphatic carbocycles. The minimum Gasteiger partial charge on any atom is -0.455 e. The molecule has 0 aliphatic heterocycles. The number of aryl methyl sites for hydroxylation is 2. The molecule has 2 aromatic carbocycles. The molecule has 2 heterocycles. The molecule has 0 fully saturated rings. The third-order valence-electron chi connectivity index (χ3n) is 4.06. The van der Waals surface area contributed by atoms with Gasteiger partial charge in [-0.15, -0.1) is 0 Å². The Labute approximate surface area is 160 Å². The van der Waals surface area contributed by atoms with E-state index < -0.39 is 0 Å². The number of thioether (sulfide) groups is 1. The van der Waals surface area contributed by atoms with Crippen molar-refractivity contribution in [2.45, 2.75) is 24.8 Å². The van der Waals surface area contributed by atoms with Crippen LogP contribution < -0.4 is 5.32 Å². The first-order chi connectivity index (χ1) is 13.1. The molecule has 5 nitrogen and oxygen atoms in total. The van der Waals surface area contributed by atoms with E-state index in [1.807, 2.05) is 56.3 Å². The lowest BCUT2D eigenvalue weighted by atomic mass is 10.2. The van der Waals surface area contributed by atoms with Crippen LogP contribution in [0.5, 0.6) is 0 Å². The monoisotopic (exact) mass is 378 g/mol. The molecule has 0 spiro atoms. The Balaban J connectivity index is 1.39. The molecule has 136 valence electrons. The van der Waals surface area contributed by atoms with Crippen LogP contribution in [0, 0.1) is 13.8 Å². The molecule has 0 saturated heterocycles. The van der Waals surface area contributed by atoms with Crippen LogP contribution in [0.1, 0.15) is 27.4 Å². The molecule has 0 radical (unpaired) electrons. The average molecular weight is 378 g/mol. The van der Waals surface area contributed by atoms with Crippen molar-refractivity contribution < 1.29 is 13.6 Å². The lowest BCUT2D eigenvalue weighted by Gasteiger charge is -2.03. The largest absolute Gasteiger partial charge is 0.455 e. The number of carbonyl (C=O) groups is 1. The zero-order valence-electron chi connectivity index (χ0n) is 15.0. The summed E-state index contributed by atoms with van der Waals surface area (Å²) in [5.41, 5.74) is 4.62. The minimum atomic E-state index is -0.271. The highest BCUT2D eigenvalue weighted by atomic mass is 32.2. The number of carbonyl (C=O) groups excluding carboxylic acids is 1. The molecule has 0 saturated carbocycles. The van der Waals surface area contributed by atoms with E-state index in [0.29, 0.717) is 16.7 Å². The minimum absolute atomic E-state index is 0.271. The van der Waals surface area contributed by atoms with Crippen LogP contribution in [0.25, 0.3) is 11.1 Å². The zero-order valence-corrected chi connectivity index (χ0v) is 15.8. The Kier molecular flexibility index (Phi) is 4.73. The van der Waals surface area contributed by atoms with E-state index in [1.54, 1.807) is 12.1 Å².